The summed E-state index contributed by atoms with van der Waals surface area (Å²) in [6.45, 7) is 2.16. The molecule has 0 aliphatic carbocycles. The summed E-state index contributed by atoms with van der Waals surface area (Å²) >= 11 is 2.55. The van der Waals surface area contributed by atoms with Gasteiger partial charge in [0.05, 0.1) is 0 Å². The van der Waals surface area contributed by atoms with Crippen LogP contribution in [0, 0.1) is 0 Å². The third kappa shape index (κ3) is 5.35. The first-order valence-electron chi connectivity index (χ1n) is 1.74. The standard InChI is InChI=1S/C4H5.2In/c1-3-4-2;;/h1,3H,2H3;;. The van der Waals surface area contributed by atoms with Gasteiger partial charge in [0.1, 0.15) is 0 Å². The van der Waals surface area contributed by atoms with Crippen molar-refractivity contribution in [3.05, 3.63) is 9.91 Å². The van der Waals surface area contributed by atoms with E-state index in [2.05, 4.69) is 16.8 Å². The Kier molecular flexibility index (Phi) is 5.52. The Balaban J connectivity index is 3.30. The Morgan fingerprint density at radius 1 is 1.67 bits per heavy atom. The van der Waals surface area contributed by atoms with Crippen LogP contribution in [-0.4, -0.2) is 51.5 Å². The van der Waals surface area contributed by atoms with Gasteiger partial charge in [0.15, 0.2) is 0 Å². The van der Waals surface area contributed by atoms with Crippen LogP contribution in [0.25, 0.3) is 0 Å². The van der Waals surface area contributed by atoms with Crippen LogP contribution in [0.3, 0.4) is 0 Å². The molecule has 3 radical (unpaired) electrons. The van der Waals surface area contributed by atoms with Gasteiger partial charge in [-0.25, -0.2) is 0 Å². The summed E-state index contributed by atoms with van der Waals surface area (Å²) in [6, 6.07) is 0. The van der Waals surface area contributed by atoms with Crippen molar-refractivity contribution in [2.24, 2.45) is 0 Å². The van der Waals surface area contributed by atoms with Crippen LogP contribution in [0.15, 0.2) is 9.91 Å². The quantitative estimate of drug-likeness (QED) is 0.637. The fourth-order valence-corrected chi connectivity index (χ4v) is 3.15. The second-order valence-corrected chi connectivity index (χ2v) is 4.80. The third-order valence-corrected chi connectivity index (χ3v) is 1.46. The number of allylic oxidation sites excluding steroid dienone is 1. The molecule has 0 aliphatic rings. The molecule has 0 nitrogen and oxygen atoms in total. The summed E-state index contributed by atoms with van der Waals surface area (Å²) in [5, 5.41) is 0. The van der Waals surface area contributed by atoms with Crippen LogP contribution >= 0.6 is 0 Å². The van der Waals surface area contributed by atoms with Crippen molar-refractivity contribution in [3.63, 3.8) is 0 Å². The second kappa shape index (κ2) is 4.51. The molecule has 0 heterocycles. The molecule has 0 saturated heterocycles. The van der Waals surface area contributed by atoms with Crippen molar-refractivity contribution in [3.8, 4) is 0 Å². The number of hydrogen-bond donors (Lipinski definition) is 0. The van der Waals surface area contributed by atoms with Gasteiger partial charge >= 0.3 is 68.4 Å². The van der Waals surface area contributed by atoms with Gasteiger partial charge in [-0.05, 0) is 0 Å². The molecule has 0 spiro atoms. The first kappa shape index (κ1) is 7.35. The summed E-state index contributed by atoms with van der Waals surface area (Å²) < 4.78 is 3.72. The van der Waals surface area contributed by atoms with Crippen molar-refractivity contribution in [2.45, 2.75) is 6.92 Å². The van der Waals surface area contributed by atoms with Gasteiger partial charge in [-0.2, -0.15) is 0 Å². The zero-order valence-corrected chi connectivity index (χ0v) is 10.4. The molecule has 2 heteroatoms. The first-order chi connectivity index (χ1) is 2.77. The zero-order valence-electron chi connectivity index (χ0n) is 3.81. The molecule has 27 valence electrons. The van der Waals surface area contributed by atoms with Gasteiger partial charge in [0.2, 0.25) is 0 Å². The van der Waals surface area contributed by atoms with E-state index in [1.54, 1.807) is 0 Å². The second-order valence-electron chi connectivity index (χ2n) is 1.10. The summed E-state index contributed by atoms with van der Waals surface area (Å²) in [7, 11) is 0. The van der Waals surface area contributed by atoms with Crippen LogP contribution < -0.4 is 0 Å². The van der Waals surface area contributed by atoms with Gasteiger partial charge in [-0.3, -0.25) is 0 Å². The maximum atomic E-state index is 2.20. The SMILES string of the molecule is C[C](=[In])/C=[CH]\[In]. The van der Waals surface area contributed by atoms with E-state index >= 15 is 0 Å². The van der Waals surface area contributed by atoms with E-state index in [-0.39, 0.29) is 0 Å². The van der Waals surface area contributed by atoms with Crippen molar-refractivity contribution < 1.29 is 0 Å². The Hall–Kier alpha value is 1.35. The van der Waals surface area contributed by atoms with Gasteiger partial charge in [-0.1, -0.05) is 0 Å². The number of rotatable bonds is 1. The van der Waals surface area contributed by atoms with Crippen molar-refractivity contribution in [1.29, 1.82) is 0 Å². The van der Waals surface area contributed by atoms with Crippen LogP contribution in [0.4, 0.5) is 0 Å². The van der Waals surface area contributed by atoms with Crippen LogP contribution in [0.5, 0.6) is 0 Å². The Morgan fingerprint density at radius 2 is 2.17 bits per heavy atom. The molecule has 0 saturated carbocycles. The van der Waals surface area contributed by atoms with Crippen molar-refractivity contribution in [1.82, 2.24) is 0 Å². The van der Waals surface area contributed by atoms with Crippen LogP contribution in [-0.2, 0) is 0 Å². The average Bonchev–Trinajstić information content (AvgIpc) is 1.35. The third-order valence-electron chi connectivity index (χ3n) is 0.359. The molecule has 0 fully saturated rings. The summed E-state index contributed by atoms with van der Waals surface area (Å²) in [5.41, 5.74) is 0. The van der Waals surface area contributed by atoms with Gasteiger partial charge < -0.3 is 0 Å². The molecule has 0 aromatic carbocycles. The summed E-state index contributed by atoms with van der Waals surface area (Å²) in [6.07, 6.45) is 2.20. The molecular formula is C4H5In2. The number of hydrogen-bond acceptors (Lipinski definition) is 0. The van der Waals surface area contributed by atoms with Crippen molar-refractivity contribution >= 4 is 51.5 Å². The molecule has 6 heavy (non-hydrogen) atoms. The average molecular weight is 283 g/mol. The molecule has 0 rings (SSSR count). The van der Waals surface area contributed by atoms with Crippen molar-refractivity contribution in [2.75, 3.05) is 0 Å². The van der Waals surface area contributed by atoms with E-state index < -0.39 is 0 Å². The monoisotopic (exact) mass is 283 g/mol. The molecule has 0 bridgehead atoms. The van der Waals surface area contributed by atoms with E-state index in [0.717, 1.165) is 0 Å². The molecule has 0 amide bonds. The molecular weight excluding hydrogens is 278 g/mol. The van der Waals surface area contributed by atoms with E-state index in [1.807, 2.05) is 0 Å². The fourth-order valence-electron chi connectivity index (χ4n) is 0.152. The maximum absolute atomic E-state index is 2.20. The van der Waals surface area contributed by atoms with E-state index in [0.29, 0.717) is 0 Å². The Labute approximate surface area is 67.6 Å². The predicted molar refractivity (Wildman–Crippen MR) is 31.3 cm³/mol. The predicted octanol–water partition coefficient (Wildman–Crippen LogP) is 0.0294. The molecule has 0 aromatic rings. The zero-order chi connectivity index (χ0) is 4.99. The minimum atomic E-state index is 1.26. The minimum absolute atomic E-state index is 1.26. The van der Waals surface area contributed by atoms with Gasteiger partial charge in [-0.15, -0.1) is 0 Å². The van der Waals surface area contributed by atoms with Gasteiger partial charge in [0, 0.05) is 0 Å². The van der Waals surface area contributed by atoms with E-state index in [4.69, 9.17) is 0 Å². The topological polar surface area (TPSA) is 0 Å². The van der Waals surface area contributed by atoms with E-state index in [1.165, 1.54) is 51.5 Å². The Morgan fingerprint density at radius 3 is 2.17 bits per heavy atom. The summed E-state index contributed by atoms with van der Waals surface area (Å²) in [4.78, 5) is 0. The van der Waals surface area contributed by atoms with E-state index in [9.17, 15) is 0 Å². The molecule has 0 unspecified atom stereocenters. The normalized spacial score (nSPS) is 9.33. The molecule has 0 atom stereocenters. The summed E-state index contributed by atoms with van der Waals surface area (Å²) in [5.74, 6) is 0. The van der Waals surface area contributed by atoms with Gasteiger partial charge in [0.25, 0.3) is 0 Å². The van der Waals surface area contributed by atoms with Crippen LogP contribution in [0.1, 0.15) is 6.92 Å². The molecule has 0 N–H and O–H groups in total. The fraction of sp³-hybridized carbons (Fsp3) is 0.250. The Bertz CT molecular complexity index is 73.6. The molecule has 0 aromatic heterocycles. The first-order valence-corrected chi connectivity index (χ1v) is 5.29. The molecule has 0 aliphatic heterocycles. The van der Waals surface area contributed by atoms with Crippen LogP contribution in [0.2, 0.25) is 0 Å².